The molecule has 0 saturated carbocycles. The molecule has 0 amide bonds. The smallest absolute Gasteiger partial charge is 0.338 e. The van der Waals surface area contributed by atoms with Crippen molar-refractivity contribution >= 4 is 5.97 Å². The number of rotatable bonds is 4. The monoisotopic (exact) mass is 265 g/mol. The minimum Gasteiger partial charge on any atom is -0.478 e. The summed E-state index contributed by atoms with van der Waals surface area (Å²) in [4.78, 5) is 13.2. The Kier molecular flexibility index (Phi) is 4.53. The van der Waals surface area contributed by atoms with Gasteiger partial charge in [0.15, 0.2) is 0 Å². The zero-order chi connectivity index (χ0) is 13.8. The summed E-state index contributed by atoms with van der Waals surface area (Å²) in [5, 5.41) is 8.94. The molecule has 1 aromatic rings. The van der Waals surface area contributed by atoms with Gasteiger partial charge in [-0.1, -0.05) is 25.5 Å². The van der Waals surface area contributed by atoms with Crippen LogP contribution in [0.3, 0.4) is 0 Å². The molecule has 1 aromatic carbocycles. The first-order valence-electron chi connectivity index (χ1n) is 6.88. The minimum absolute atomic E-state index is 0.234. The Morgan fingerprint density at radius 1 is 1.47 bits per heavy atom. The van der Waals surface area contributed by atoms with Crippen molar-refractivity contribution in [2.24, 2.45) is 0 Å². The van der Waals surface area contributed by atoms with Crippen LogP contribution in [-0.4, -0.2) is 28.6 Å². The van der Waals surface area contributed by atoms with Crippen LogP contribution < -0.4 is 0 Å². The molecule has 0 bridgehead atoms. The highest BCUT2D eigenvalue weighted by molar-refractivity contribution is 5.88. The van der Waals surface area contributed by atoms with Gasteiger partial charge in [-0.15, -0.1) is 0 Å². The summed E-state index contributed by atoms with van der Waals surface area (Å²) in [5.41, 5.74) is 0.253. The number of aromatic carboxylic acids is 1. The van der Waals surface area contributed by atoms with Crippen LogP contribution in [0.5, 0.6) is 0 Å². The van der Waals surface area contributed by atoms with Crippen molar-refractivity contribution in [2.45, 2.75) is 45.2 Å². The summed E-state index contributed by atoms with van der Waals surface area (Å²) in [6.07, 6.45) is 4.57. The number of nitrogens with zero attached hydrogens (tertiary/aromatic N) is 1. The van der Waals surface area contributed by atoms with E-state index in [9.17, 15) is 9.18 Å². The number of carbonyl (C=O) groups is 1. The lowest BCUT2D eigenvalue weighted by Crippen LogP contribution is -2.38. The molecule has 0 radical (unpaired) electrons. The minimum atomic E-state index is -1.20. The number of carboxylic acids is 1. The molecule has 4 heteroatoms. The van der Waals surface area contributed by atoms with E-state index in [1.165, 1.54) is 12.5 Å². The highest BCUT2D eigenvalue weighted by Crippen LogP contribution is 2.23. The largest absolute Gasteiger partial charge is 0.478 e. The summed E-state index contributed by atoms with van der Waals surface area (Å²) < 4.78 is 14.1. The molecule has 1 heterocycles. The summed E-state index contributed by atoms with van der Waals surface area (Å²) in [5.74, 6) is -1.79. The second-order valence-electron chi connectivity index (χ2n) is 5.11. The average Bonchev–Trinajstić information content (AvgIpc) is 2.41. The predicted molar refractivity (Wildman–Crippen MR) is 71.7 cm³/mol. The quantitative estimate of drug-likeness (QED) is 0.908. The van der Waals surface area contributed by atoms with E-state index in [1.807, 2.05) is 0 Å². The molecule has 1 saturated heterocycles. The van der Waals surface area contributed by atoms with Gasteiger partial charge in [0.05, 0.1) is 5.56 Å². The first kappa shape index (κ1) is 14.0. The zero-order valence-electron chi connectivity index (χ0n) is 11.2. The first-order chi connectivity index (χ1) is 9.13. The Bertz CT molecular complexity index is 461. The van der Waals surface area contributed by atoms with Crippen molar-refractivity contribution in [3.05, 3.63) is 35.1 Å². The van der Waals surface area contributed by atoms with Crippen LogP contribution in [0.1, 0.15) is 48.5 Å². The standard InChI is InChI=1S/C15H20FNO2/c1-2-12-7-3-4-9-17(12)10-11-6-5-8-13(14(11)16)15(18)19/h5-6,8,12H,2-4,7,9-10H2,1H3,(H,18,19). The number of piperidine rings is 1. The Morgan fingerprint density at radius 3 is 2.95 bits per heavy atom. The Morgan fingerprint density at radius 2 is 2.26 bits per heavy atom. The van der Waals surface area contributed by atoms with E-state index in [1.54, 1.807) is 12.1 Å². The lowest BCUT2D eigenvalue weighted by atomic mass is 9.98. The van der Waals surface area contributed by atoms with Crippen LogP contribution in [0.25, 0.3) is 0 Å². The van der Waals surface area contributed by atoms with Gasteiger partial charge in [0.25, 0.3) is 0 Å². The van der Waals surface area contributed by atoms with Gasteiger partial charge in [0, 0.05) is 18.2 Å². The number of benzene rings is 1. The SMILES string of the molecule is CCC1CCCCN1Cc1cccc(C(=O)O)c1F. The van der Waals surface area contributed by atoms with Gasteiger partial charge < -0.3 is 5.11 Å². The van der Waals surface area contributed by atoms with Gasteiger partial charge in [0.2, 0.25) is 0 Å². The molecule has 0 spiro atoms. The van der Waals surface area contributed by atoms with Crippen LogP contribution >= 0.6 is 0 Å². The molecule has 3 nitrogen and oxygen atoms in total. The molecule has 104 valence electrons. The van der Waals surface area contributed by atoms with E-state index in [-0.39, 0.29) is 5.56 Å². The summed E-state index contributed by atoms with van der Waals surface area (Å²) in [6.45, 7) is 3.62. The summed E-state index contributed by atoms with van der Waals surface area (Å²) in [7, 11) is 0. The molecule has 1 atom stereocenters. The molecule has 1 unspecified atom stereocenters. The van der Waals surface area contributed by atoms with Crippen molar-refractivity contribution in [3.8, 4) is 0 Å². The van der Waals surface area contributed by atoms with Crippen molar-refractivity contribution in [1.82, 2.24) is 4.90 Å². The second-order valence-corrected chi connectivity index (χ2v) is 5.11. The van der Waals surface area contributed by atoms with Crippen molar-refractivity contribution in [2.75, 3.05) is 6.54 Å². The number of hydrogen-bond donors (Lipinski definition) is 1. The van der Waals surface area contributed by atoms with Crippen LogP contribution in [0, 0.1) is 5.82 Å². The maximum absolute atomic E-state index is 14.1. The van der Waals surface area contributed by atoms with Gasteiger partial charge >= 0.3 is 5.97 Å². The lowest BCUT2D eigenvalue weighted by Gasteiger charge is -2.35. The predicted octanol–water partition coefficient (Wildman–Crippen LogP) is 3.29. The molecule has 1 aliphatic heterocycles. The second kappa shape index (κ2) is 6.15. The van der Waals surface area contributed by atoms with Crippen LogP contribution in [0.2, 0.25) is 0 Å². The van der Waals surface area contributed by atoms with Gasteiger partial charge in [-0.2, -0.15) is 0 Å². The molecule has 0 aliphatic carbocycles. The molecule has 19 heavy (non-hydrogen) atoms. The third kappa shape index (κ3) is 3.13. The van der Waals surface area contributed by atoms with Crippen molar-refractivity contribution in [1.29, 1.82) is 0 Å². The van der Waals surface area contributed by atoms with Gasteiger partial charge in [-0.3, -0.25) is 4.90 Å². The van der Waals surface area contributed by atoms with Crippen LogP contribution in [0.15, 0.2) is 18.2 Å². The molecule has 1 aliphatic rings. The lowest BCUT2D eigenvalue weighted by molar-refractivity contribution is 0.0691. The molecule has 2 rings (SSSR count). The van der Waals surface area contributed by atoms with Gasteiger partial charge in [-0.05, 0) is 31.9 Å². The fourth-order valence-electron chi connectivity index (χ4n) is 2.82. The highest BCUT2D eigenvalue weighted by Gasteiger charge is 2.23. The van der Waals surface area contributed by atoms with Crippen LogP contribution in [0.4, 0.5) is 4.39 Å². The normalized spacial score (nSPS) is 20.4. The molecular weight excluding hydrogens is 245 g/mol. The third-order valence-corrected chi connectivity index (χ3v) is 3.90. The Labute approximate surface area is 113 Å². The first-order valence-corrected chi connectivity index (χ1v) is 6.88. The number of hydrogen-bond acceptors (Lipinski definition) is 2. The van der Waals surface area contributed by atoms with E-state index in [0.29, 0.717) is 18.2 Å². The third-order valence-electron chi connectivity index (χ3n) is 3.90. The van der Waals surface area contributed by atoms with E-state index < -0.39 is 11.8 Å². The highest BCUT2D eigenvalue weighted by atomic mass is 19.1. The van der Waals surface area contributed by atoms with Crippen molar-refractivity contribution in [3.63, 3.8) is 0 Å². The van der Waals surface area contributed by atoms with E-state index in [0.717, 1.165) is 25.8 Å². The fourth-order valence-corrected chi connectivity index (χ4v) is 2.82. The van der Waals surface area contributed by atoms with E-state index in [4.69, 9.17) is 5.11 Å². The summed E-state index contributed by atoms with van der Waals surface area (Å²) >= 11 is 0. The molecule has 1 fully saturated rings. The van der Waals surface area contributed by atoms with Gasteiger partial charge in [-0.25, -0.2) is 9.18 Å². The average molecular weight is 265 g/mol. The Hall–Kier alpha value is -1.42. The van der Waals surface area contributed by atoms with Crippen molar-refractivity contribution < 1.29 is 14.3 Å². The molecule has 1 N–H and O–H groups in total. The maximum atomic E-state index is 14.1. The zero-order valence-corrected chi connectivity index (χ0v) is 11.2. The maximum Gasteiger partial charge on any atom is 0.338 e. The number of halogens is 1. The summed E-state index contributed by atoms with van der Waals surface area (Å²) in [6, 6.07) is 5.10. The topological polar surface area (TPSA) is 40.5 Å². The van der Waals surface area contributed by atoms with Gasteiger partial charge in [0.1, 0.15) is 5.82 Å². The number of likely N-dealkylation sites (tertiary alicyclic amines) is 1. The van der Waals surface area contributed by atoms with E-state index in [2.05, 4.69) is 11.8 Å². The van der Waals surface area contributed by atoms with E-state index >= 15 is 0 Å². The molecule has 0 aromatic heterocycles. The van der Waals surface area contributed by atoms with Crippen LogP contribution in [-0.2, 0) is 6.54 Å². The molecular formula is C15H20FNO2. The number of carboxylic acid groups (broad SMARTS) is 1. The Balaban J connectivity index is 2.18. The fraction of sp³-hybridized carbons (Fsp3) is 0.533.